The molecule has 0 saturated heterocycles. The van der Waals surface area contributed by atoms with Crippen molar-refractivity contribution in [3.05, 3.63) is 81.9 Å². The summed E-state index contributed by atoms with van der Waals surface area (Å²) >= 11 is 0. The van der Waals surface area contributed by atoms with Crippen LogP contribution in [-0.4, -0.2) is 28.7 Å². The lowest BCUT2D eigenvalue weighted by Gasteiger charge is -2.19. The van der Waals surface area contributed by atoms with E-state index in [-0.39, 0.29) is 17.2 Å². The number of nitriles is 1. The van der Waals surface area contributed by atoms with Crippen molar-refractivity contribution in [3.63, 3.8) is 0 Å². The molecule has 2 aromatic heterocycles. The number of fused-ring (bicyclic) bond motifs is 1. The van der Waals surface area contributed by atoms with Gasteiger partial charge in [-0.1, -0.05) is 6.07 Å². The molecule has 0 aliphatic rings. The van der Waals surface area contributed by atoms with E-state index in [1.54, 1.807) is 25.4 Å². The van der Waals surface area contributed by atoms with Crippen molar-refractivity contribution in [2.45, 2.75) is 19.9 Å². The summed E-state index contributed by atoms with van der Waals surface area (Å²) in [5.41, 5.74) is 2.90. The number of pyridine rings is 1. The fraction of sp³-hybridized carbons (Fsp3) is 0.200. The molecule has 8 heteroatoms. The van der Waals surface area contributed by atoms with Gasteiger partial charge in [-0.25, -0.2) is 9.37 Å². The summed E-state index contributed by atoms with van der Waals surface area (Å²) in [4.78, 5) is 22.9. The Morgan fingerprint density at radius 3 is 2.61 bits per heavy atom. The van der Waals surface area contributed by atoms with Gasteiger partial charge in [-0.15, -0.1) is 0 Å². The number of nitrogens with one attached hydrogen (secondary N) is 1. The molecular formula is C25H22FN5O2. The summed E-state index contributed by atoms with van der Waals surface area (Å²) < 4.78 is 20.9. The van der Waals surface area contributed by atoms with Crippen LogP contribution in [0.2, 0.25) is 0 Å². The summed E-state index contributed by atoms with van der Waals surface area (Å²) in [7, 11) is 3.13. The van der Waals surface area contributed by atoms with Crippen LogP contribution < -0.4 is 15.6 Å². The Hall–Kier alpha value is -4.09. The van der Waals surface area contributed by atoms with Crippen LogP contribution in [0.4, 0.5) is 4.39 Å². The van der Waals surface area contributed by atoms with E-state index in [9.17, 15) is 14.4 Å². The maximum atomic E-state index is 14.5. The SMILES string of the molecule is CNC(C)c1nc2c(-c3ccc(C)nc3)cc(C#N)cc2c(=O)n1-c1ccc(OC)c(F)c1. The van der Waals surface area contributed by atoms with Crippen molar-refractivity contribution in [1.29, 1.82) is 5.26 Å². The highest BCUT2D eigenvalue weighted by molar-refractivity contribution is 5.94. The Morgan fingerprint density at radius 2 is 2.00 bits per heavy atom. The van der Waals surface area contributed by atoms with Gasteiger partial charge in [0.25, 0.3) is 5.56 Å². The van der Waals surface area contributed by atoms with Gasteiger partial charge >= 0.3 is 0 Å². The molecule has 0 fully saturated rings. The van der Waals surface area contributed by atoms with Crippen molar-refractivity contribution < 1.29 is 9.13 Å². The fourth-order valence-electron chi connectivity index (χ4n) is 3.68. The summed E-state index contributed by atoms with van der Waals surface area (Å²) in [5, 5.41) is 13.0. The molecule has 0 bridgehead atoms. The highest BCUT2D eigenvalue weighted by Crippen LogP contribution is 2.30. The van der Waals surface area contributed by atoms with E-state index in [1.807, 2.05) is 26.0 Å². The smallest absolute Gasteiger partial charge is 0.266 e. The number of hydrogen-bond donors (Lipinski definition) is 1. The first-order valence-electron chi connectivity index (χ1n) is 10.3. The zero-order valence-electron chi connectivity index (χ0n) is 18.7. The maximum Gasteiger partial charge on any atom is 0.266 e. The van der Waals surface area contributed by atoms with E-state index in [2.05, 4.69) is 16.4 Å². The minimum atomic E-state index is -0.595. The van der Waals surface area contributed by atoms with Gasteiger partial charge in [0.05, 0.1) is 41.4 Å². The molecule has 0 aliphatic carbocycles. The molecule has 0 radical (unpaired) electrons. The van der Waals surface area contributed by atoms with Gasteiger partial charge in [-0.2, -0.15) is 5.26 Å². The zero-order chi connectivity index (χ0) is 23.7. The predicted molar refractivity (Wildman–Crippen MR) is 124 cm³/mol. The van der Waals surface area contributed by atoms with Gasteiger partial charge < -0.3 is 10.1 Å². The van der Waals surface area contributed by atoms with Gasteiger partial charge in [0.1, 0.15) is 5.82 Å². The van der Waals surface area contributed by atoms with E-state index in [4.69, 9.17) is 9.72 Å². The molecule has 4 aromatic rings. The Bertz CT molecular complexity index is 1460. The molecule has 1 atom stereocenters. The predicted octanol–water partition coefficient (Wildman–Crippen LogP) is 4.06. The van der Waals surface area contributed by atoms with Crippen molar-refractivity contribution in [3.8, 4) is 28.6 Å². The number of benzene rings is 2. The first-order chi connectivity index (χ1) is 15.9. The lowest BCUT2D eigenvalue weighted by molar-refractivity contribution is 0.386. The van der Waals surface area contributed by atoms with Crippen LogP contribution in [0.15, 0.2) is 53.5 Å². The third-order valence-electron chi connectivity index (χ3n) is 5.56. The number of aryl methyl sites for hydroxylation is 1. The molecule has 4 rings (SSSR count). The maximum absolute atomic E-state index is 14.5. The Balaban J connectivity index is 2.11. The van der Waals surface area contributed by atoms with Crippen molar-refractivity contribution in [2.24, 2.45) is 0 Å². The van der Waals surface area contributed by atoms with Crippen LogP contribution in [0.5, 0.6) is 5.75 Å². The third kappa shape index (κ3) is 3.95. The molecule has 2 heterocycles. The third-order valence-corrected chi connectivity index (χ3v) is 5.56. The number of nitrogens with zero attached hydrogens (tertiary/aromatic N) is 4. The van der Waals surface area contributed by atoms with E-state index >= 15 is 0 Å². The quantitative estimate of drug-likeness (QED) is 0.500. The number of ether oxygens (including phenoxy) is 1. The number of aromatic nitrogens is 3. The molecule has 1 unspecified atom stereocenters. The van der Waals surface area contributed by atoms with Crippen LogP contribution >= 0.6 is 0 Å². The molecular weight excluding hydrogens is 421 g/mol. The number of rotatable bonds is 5. The van der Waals surface area contributed by atoms with Crippen LogP contribution in [0.3, 0.4) is 0 Å². The summed E-state index contributed by atoms with van der Waals surface area (Å²) in [6, 6.07) is 13.0. The lowest BCUT2D eigenvalue weighted by Crippen LogP contribution is -2.29. The van der Waals surface area contributed by atoms with Gasteiger partial charge in [0.2, 0.25) is 0 Å². The molecule has 0 amide bonds. The second-order valence-electron chi connectivity index (χ2n) is 7.66. The van der Waals surface area contributed by atoms with E-state index in [0.717, 1.165) is 11.3 Å². The zero-order valence-corrected chi connectivity index (χ0v) is 18.7. The first-order valence-corrected chi connectivity index (χ1v) is 10.3. The summed E-state index contributed by atoms with van der Waals surface area (Å²) in [5.74, 6) is -0.113. The minimum absolute atomic E-state index is 0.0738. The molecule has 0 saturated carbocycles. The first kappa shape index (κ1) is 22.1. The van der Waals surface area contributed by atoms with Gasteiger partial charge in [-0.3, -0.25) is 14.3 Å². The lowest BCUT2D eigenvalue weighted by atomic mass is 10.0. The Labute approximate surface area is 190 Å². The van der Waals surface area contributed by atoms with E-state index < -0.39 is 11.4 Å². The second kappa shape index (κ2) is 8.81. The molecule has 33 heavy (non-hydrogen) atoms. The van der Waals surface area contributed by atoms with Crippen molar-refractivity contribution >= 4 is 10.9 Å². The summed E-state index contributed by atoms with van der Waals surface area (Å²) in [6.07, 6.45) is 1.69. The summed E-state index contributed by atoms with van der Waals surface area (Å²) in [6.45, 7) is 3.74. The van der Waals surface area contributed by atoms with Gasteiger partial charge in [-0.05, 0) is 51.2 Å². The number of methoxy groups -OCH3 is 1. The molecule has 2 aromatic carbocycles. The van der Waals surface area contributed by atoms with Gasteiger partial charge in [0.15, 0.2) is 11.6 Å². The van der Waals surface area contributed by atoms with Crippen LogP contribution in [0.1, 0.15) is 30.0 Å². The van der Waals surface area contributed by atoms with E-state index in [0.29, 0.717) is 28.2 Å². The minimum Gasteiger partial charge on any atom is -0.494 e. The largest absolute Gasteiger partial charge is 0.494 e. The standard InChI is InChI=1S/C25H22FN5O2/c1-14-5-6-17(13-29-14)19-9-16(12-27)10-20-23(19)30-24(15(2)28-3)31(25(20)32)18-7-8-22(33-4)21(26)11-18/h5-11,13,15,28H,1-4H3. The number of hydrogen-bond acceptors (Lipinski definition) is 6. The van der Waals surface area contributed by atoms with E-state index in [1.165, 1.54) is 29.9 Å². The van der Waals surface area contributed by atoms with Gasteiger partial charge in [0, 0.05) is 29.1 Å². The van der Waals surface area contributed by atoms with Crippen molar-refractivity contribution in [2.75, 3.05) is 14.2 Å². The monoisotopic (exact) mass is 443 g/mol. The van der Waals surface area contributed by atoms with Crippen molar-refractivity contribution in [1.82, 2.24) is 19.9 Å². The molecule has 0 aliphatic heterocycles. The highest BCUT2D eigenvalue weighted by Gasteiger charge is 2.21. The Morgan fingerprint density at radius 1 is 1.21 bits per heavy atom. The van der Waals surface area contributed by atoms with Crippen LogP contribution in [0.25, 0.3) is 27.7 Å². The average molecular weight is 443 g/mol. The molecule has 7 nitrogen and oxygen atoms in total. The molecule has 1 N–H and O–H groups in total. The second-order valence-corrected chi connectivity index (χ2v) is 7.66. The fourth-order valence-corrected chi connectivity index (χ4v) is 3.68. The highest BCUT2D eigenvalue weighted by atomic mass is 19.1. The average Bonchev–Trinajstić information content (AvgIpc) is 2.83. The number of halogens is 1. The normalized spacial score (nSPS) is 11.9. The topological polar surface area (TPSA) is 92.8 Å². The molecule has 0 spiro atoms. The van der Waals surface area contributed by atoms with Crippen LogP contribution in [-0.2, 0) is 0 Å². The van der Waals surface area contributed by atoms with Crippen LogP contribution in [0, 0.1) is 24.1 Å². The molecule has 166 valence electrons. The Kier molecular flexibility index (Phi) is 5.90.